The molecule has 3 aromatic rings. The van der Waals surface area contributed by atoms with Crippen molar-refractivity contribution in [3.05, 3.63) is 68.0 Å². The number of hydrogen-bond acceptors (Lipinski definition) is 5. The van der Waals surface area contributed by atoms with Crippen LogP contribution in [0.2, 0.25) is 5.02 Å². The summed E-state index contributed by atoms with van der Waals surface area (Å²) in [6, 6.07) is 6.55. The molecule has 0 aliphatic carbocycles. The average Bonchev–Trinajstić information content (AvgIpc) is 2.96. The van der Waals surface area contributed by atoms with Gasteiger partial charge in [-0.1, -0.05) is 17.7 Å². The number of benzene rings is 1. The van der Waals surface area contributed by atoms with E-state index in [0.717, 1.165) is 3.57 Å². The van der Waals surface area contributed by atoms with Crippen molar-refractivity contribution < 1.29 is 24.1 Å². The van der Waals surface area contributed by atoms with Gasteiger partial charge in [0, 0.05) is 21.9 Å². The summed E-state index contributed by atoms with van der Waals surface area (Å²) in [7, 11) is 0. The first-order valence-electron chi connectivity index (χ1n) is 8.38. The number of fused-ring (bicyclic) bond motifs is 1. The SMILES string of the molecule is O=C(COC[C@H](O)CO)c1c(Cl)c2ccncn2c1Cc1ccc(I)cc1F. The molecule has 2 aromatic heterocycles. The Kier molecular flexibility index (Phi) is 7.00. The second-order valence-corrected chi connectivity index (χ2v) is 7.78. The van der Waals surface area contributed by atoms with Crippen molar-refractivity contribution in [2.45, 2.75) is 12.5 Å². The lowest BCUT2D eigenvalue weighted by molar-refractivity contribution is 0.00895. The van der Waals surface area contributed by atoms with E-state index in [1.54, 1.807) is 28.8 Å². The van der Waals surface area contributed by atoms with E-state index in [9.17, 15) is 14.3 Å². The second-order valence-electron chi connectivity index (χ2n) is 6.16. The van der Waals surface area contributed by atoms with E-state index in [0.29, 0.717) is 16.8 Å². The Bertz CT molecular complexity index is 1010. The van der Waals surface area contributed by atoms with Crippen LogP contribution < -0.4 is 0 Å². The van der Waals surface area contributed by atoms with E-state index in [1.807, 2.05) is 22.6 Å². The van der Waals surface area contributed by atoms with Crippen molar-refractivity contribution in [3.63, 3.8) is 0 Å². The third kappa shape index (κ3) is 4.52. The van der Waals surface area contributed by atoms with Crippen LogP contribution in [-0.4, -0.2) is 51.3 Å². The van der Waals surface area contributed by atoms with Crippen molar-refractivity contribution in [2.75, 3.05) is 19.8 Å². The highest BCUT2D eigenvalue weighted by molar-refractivity contribution is 14.1. The maximum Gasteiger partial charge on any atom is 0.191 e. The smallest absolute Gasteiger partial charge is 0.191 e. The normalized spacial score (nSPS) is 12.5. The van der Waals surface area contributed by atoms with Gasteiger partial charge in [0.25, 0.3) is 0 Å². The molecule has 0 radical (unpaired) electrons. The van der Waals surface area contributed by atoms with Crippen LogP contribution in [0.4, 0.5) is 4.39 Å². The van der Waals surface area contributed by atoms with Crippen molar-refractivity contribution in [1.29, 1.82) is 0 Å². The second kappa shape index (κ2) is 9.27. The summed E-state index contributed by atoms with van der Waals surface area (Å²) < 4.78 is 22.0. The molecule has 1 aromatic carbocycles. The van der Waals surface area contributed by atoms with Crippen LogP contribution in [-0.2, 0) is 11.2 Å². The van der Waals surface area contributed by atoms with Gasteiger partial charge in [-0.15, -0.1) is 0 Å². The van der Waals surface area contributed by atoms with E-state index in [4.69, 9.17) is 21.4 Å². The molecular weight excluding hydrogens is 502 g/mol. The largest absolute Gasteiger partial charge is 0.394 e. The zero-order valence-electron chi connectivity index (χ0n) is 14.6. The topological polar surface area (TPSA) is 84.1 Å². The number of Topliss-reactive ketones (excluding diaryl/α,β-unsaturated/α-hetero) is 1. The van der Waals surface area contributed by atoms with Crippen LogP contribution in [0.3, 0.4) is 0 Å². The monoisotopic (exact) mass is 518 g/mol. The van der Waals surface area contributed by atoms with Crippen molar-refractivity contribution in [3.8, 4) is 0 Å². The summed E-state index contributed by atoms with van der Waals surface area (Å²) in [4.78, 5) is 16.8. The fourth-order valence-corrected chi connectivity index (χ4v) is 3.67. The lowest BCUT2D eigenvalue weighted by atomic mass is 10.0. The van der Waals surface area contributed by atoms with Crippen LogP contribution >= 0.6 is 34.2 Å². The summed E-state index contributed by atoms with van der Waals surface area (Å²) in [5.41, 5.74) is 1.73. The number of aromatic nitrogens is 2. The lowest BCUT2D eigenvalue weighted by Gasteiger charge is -2.10. The fraction of sp³-hybridized carbons (Fsp3) is 0.263. The predicted octanol–water partition coefficient (Wildman–Crippen LogP) is 2.87. The van der Waals surface area contributed by atoms with Crippen LogP contribution in [0, 0.1) is 9.39 Å². The van der Waals surface area contributed by atoms with Crippen LogP contribution in [0.5, 0.6) is 0 Å². The summed E-state index contributed by atoms with van der Waals surface area (Å²) in [6.07, 6.45) is 2.15. The molecule has 2 heterocycles. The van der Waals surface area contributed by atoms with Crippen molar-refractivity contribution >= 4 is 45.5 Å². The summed E-state index contributed by atoms with van der Waals surface area (Å²) in [5.74, 6) is -0.776. The molecule has 0 aliphatic heterocycles. The number of nitrogens with zero attached hydrogens (tertiary/aromatic N) is 2. The maximum absolute atomic E-state index is 14.4. The number of aliphatic hydroxyl groups excluding tert-OH is 2. The van der Waals surface area contributed by atoms with Gasteiger partial charge >= 0.3 is 0 Å². The molecule has 0 saturated carbocycles. The number of carbonyl (C=O) groups excluding carboxylic acids is 1. The van der Waals surface area contributed by atoms with E-state index in [2.05, 4.69) is 4.98 Å². The highest BCUT2D eigenvalue weighted by Crippen LogP contribution is 2.31. The molecule has 28 heavy (non-hydrogen) atoms. The average molecular weight is 519 g/mol. The molecule has 2 N–H and O–H groups in total. The van der Waals surface area contributed by atoms with E-state index >= 15 is 0 Å². The van der Waals surface area contributed by atoms with Crippen LogP contribution in [0.1, 0.15) is 21.6 Å². The van der Waals surface area contributed by atoms with Gasteiger partial charge in [-0.05, 0) is 46.4 Å². The van der Waals surface area contributed by atoms with Gasteiger partial charge in [-0.3, -0.25) is 4.79 Å². The minimum atomic E-state index is -1.07. The Morgan fingerprint density at radius 3 is 2.89 bits per heavy atom. The first-order chi connectivity index (χ1) is 13.4. The molecule has 0 spiro atoms. The Balaban J connectivity index is 1.98. The minimum absolute atomic E-state index is 0.142. The predicted molar refractivity (Wildman–Crippen MR) is 110 cm³/mol. The molecule has 148 valence electrons. The highest BCUT2D eigenvalue weighted by atomic mass is 127. The van der Waals surface area contributed by atoms with Crippen LogP contribution in [0.15, 0.2) is 36.8 Å². The van der Waals surface area contributed by atoms with Crippen LogP contribution in [0.25, 0.3) is 5.52 Å². The molecule has 0 saturated heterocycles. The standard InChI is InChI=1S/C19H17ClFIN2O4/c20-19-15-3-4-23-10-24(15)16(5-11-1-2-12(22)6-14(11)21)18(19)17(27)9-28-8-13(26)7-25/h1-4,6,10,13,25-26H,5,7-9H2/t13-/m1/s1. The summed E-state index contributed by atoms with van der Waals surface area (Å²) in [5, 5.41) is 18.4. The highest BCUT2D eigenvalue weighted by Gasteiger charge is 2.24. The quantitative estimate of drug-likeness (QED) is 0.354. The molecule has 0 unspecified atom stereocenters. The van der Waals surface area contributed by atoms with Gasteiger partial charge in [0.1, 0.15) is 18.5 Å². The van der Waals surface area contributed by atoms with Crippen molar-refractivity contribution in [1.82, 2.24) is 9.38 Å². The van der Waals surface area contributed by atoms with Crippen molar-refractivity contribution in [2.24, 2.45) is 0 Å². The maximum atomic E-state index is 14.4. The number of carbonyl (C=O) groups is 1. The summed E-state index contributed by atoms with van der Waals surface area (Å²) in [6.45, 7) is -0.979. The molecule has 3 rings (SSSR count). The minimum Gasteiger partial charge on any atom is -0.394 e. The van der Waals surface area contributed by atoms with E-state index < -0.39 is 18.5 Å². The Morgan fingerprint density at radius 1 is 1.39 bits per heavy atom. The van der Waals surface area contributed by atoms with Gasteiger partial charge in [-0.25, -0.2) is 9.37 Å². The first-order valence-corrected chi connectivity index (χ1v) is 9.84. The van der Waals surface area contributed by atoms with Gasteiger partial charge in [0.05, 0.1) is 35.6 Å². The molecule has 9 heteroatoms. The van der Waals surface area contributed by atoms with E-state index in [1.165, 1.54) is 12.4 Å². The molecule has 0 amide bonds. The van der Waals surface area contributed by atoms with Gasteiger partial charge in [-0.2, -0.15) is 0 Å². The first kappa shape index (κ1) is 21.1. The molecule has 0 fully saturated rings. The molecular formula is C19H17ClFIN2O4. The molecule has 6 nitrogen and oxygen atoms in total. The Hall–Kier alpha value is -1.59. The fourth-order valence-electron chi connectivity index (χ4n) is 2.85. The summed E-state index contributed by atoms with van der Waals surface area (Å²) >= 11 is 8.47. The molecule has 0 bridgehead atoms. The number of ether oxygens (including phenoxy) is 1. The number of rotatable bonds is 8. The van der Waals surface area contributed by atoms with Gasteiger partial charge < -0.3 is 19.4 Å². The number of aliphatic hydroxyl groups is 2. The third-order valence-electron chi connectivity index (χ3n) is 4.19. The Labute approximate surface area is 179 Å². The van der Waals surface area contributed by atoms with Gasteiger partial charge in [0.15, 0.2) is 5.78 Å². The zero-order chi connectivity index (χ0) is 20.3. The third-order valence-corrected chi connectivity index (χ3v) is 5.24. The molecule has 1 atom stereocenters. The number of ketones is 1. The number of halogens is 3. The van der Waals surface area contributed by atoms with Gasteiger partial charge in [0.2, 0.25) is 0 Å². The van der Waals surface area contributed by atoms with E-state index in [-0.39, 0.29) is 36.0 Å². The number of hydrogen-bond donors (Lipinski definition) is 2. The lowest BCUT2D eigenvalue weighted by Crippen LogP contribution is -2.22. The zero-order valence-corrected chi connectivity index (χ0v) is 17.5. The Morgan fingerprint density at radius 2 is 2.18 bits per heavy atom. The molecule has 0 aliphatic rings.